The fourth-order valence-electron chi connectivity index (χ4n) is 5.47. The molecule has 0 saturated carbocycles. The Morgan fingerprint density at radius 3 is 2.58 bits per heavy atom. The van der Waals surface area contributed by atoms with Gasteiger partial charge in [-0.15, -0.1) is 0 Å². The van der Waals surface area contributed by atoms with E-state index in [0.29, 0.717) is 13.2 Å². The third-order valence-electron chi connectivity index (χ3n) is 7.59. The zero-order valence-corrected chi connectivity index (χ0v) is 20.9. The molecule has 36 heavy (non-hydrogen) atoms. The van der Waals surface area contributed by atoms with Crippen LogP contribution in [0.25, 0.3) is 17.3 Å². The standard InChI is InChI=1S/C31H31N3O2/c1-22-29(31(35)34(32(22)2)28-10-4-3-5-11-28)21-33-16-17-36-30-15-14-26(19-27(30)20-33)25-13-12-23-8-6-7-9-24(23)18-25/h3-11,14-15,18-19H,12-13,16-17,20-21H2,1-2H3. The quantitative estimate of drug-likeness (QED) is 0.397. The summed E-state index contributed by atoms with van der Waals surface area (Å²) in [7, 11) is 1.95. The predicted octanol–water partition coefficient (Wildman–Crippen LogP) is 5.37. The first-order chi connectivity index (χ1) is 17.6. The molecule has 0 amide bonds. The van der Waals surface area contributed by atoms with Crippen LogP contribution in [0.15, 0.2) is 77.6 Å². The minimum Gasteiger partial charge on any atom is -0.492 e. The van der Waals surface area contributed by atoms with Crippen molar-refractivity contribution in [3.05, 3.63) is 117 Å². The molecule has 0 atom stereocenters. The lowest BCUT2D eigenvalue weighted by Crippen LogP contribution is -2.29. The Bertz CT molecular complexity index is 1510. The number of aromatic nitrogens is 2. The number of rotatable bonds is 4. The van der Waals surface area contributed by atoms with Crippen molar-refractivity contribution >= 4 is 11.6 Å². The zero-order valence-electron chi connectivity index (χ0n) is 20.9. The van der Waals surface area contributed by atoms with Gasteiger partial charge in [0, 0.05) is 37.9 Å². The summed E-state index contributed by atoms with van der Waals surface area (Å²) < 4.78 is 9.85. The van der Waals surface area contributed by atoms with Crippen LogP contribution in [0.3, 0.4) is 0 Å². The average Bonchev–Trinajstić information content (AvgIpc) is 3.04. The van der Waals surface area contributed by atoms with E-state index in [1.165, 1.54) is 27.8 Å². The number of aryl methyl sites for hydroxylation is 1. The van der Waals surface area contributed by atoms with Crippen molar-refractivity contribution in [3.63, 3.8) is 0 Å². The topological polar surface area (TPSA) is 39.4 Å². The molecule has 0 spiro atoms. The molecule has 5 nitrogen and oxygen atoms in total. The molecular weight excluding hydrogens is 446 g/mol. The van der Waals surface area contributed by atoms with E-state index in [0.717, 1.165) is 48.6 Å². The van der Waals surface area contributed by atoms with Gasteiger partial charge in [-0.1, -0.05) is 54.6 Å². The number of nitrogens with zero attached hydrogens (tertiary/aromatic N) is 3. The highest BCUT2D eigenvalue weighted by atomic mass is 16.5. The lowest BCUT2D eigenvalue weighted by Gasteiger charge is -2.20. The Morgan fingerprint density at radius 1 is 0.917 bits per heavy atom. The summed E-state index contributed by atoms with van der Waals surface area (Å²) in [6.07, 6.45) is 4.44. The molecule has 182 valence electrons. The number of fused-ring (bicyclic) bond motifs is 2. The maximum Gasteiger partial charge on any atom is 0.276 e. The number of hydrogen-bond donors (Lipinski definition) is 0. The second-order valence-electron chi connectivity index (χ2n) is 9.79. The van der Waals surface area contributed by atoms with Gasteiger partial charge in [0.15, 0.2) is 0 Å². The number of para-hydroxylation sites is 1. The SMILES string of the molecule is Cc1c(CN2CCOc3ccc(C4=Cc5ccccc5CC4)cc3C2)c(=O)n(-c2ccccc2)n1C. The summed E-state index contributed by atoms with van der Waals surface area (Å²) in [5, 5.41) is 0. The molecule has 0 saturated heterocycles. The van der Waals surface area contributed by atoms with Crippen LogP contribution >= 0.6 is 0 Å². The monoisotopic (exact) mass is 477 g/mol. The van der Waals surface area contributed by atoms with Crippen molar-refractivity contribution in [2.45, 2.75) is 32.9 Å². The smallest absolute Gasteiger partial charge is 0.276 e. The van der Waals surface area contributed by atoms with Crippen molar-refractivity contribution in [1.29, 1.82) is 0 Å². The highest BCUT2D eigenvalue weighted by Gasteiger charge is 2.22. The summed E-state index contributed by atoms with van der Waals surface area (Å²) >= 11 is 0. The van der Waals surface area contributed by atoms with Gasteiger partial charge in [0.1, 0.15) is 12.4 Å². The Hall–Kier alpha value is -3.83. The number of ether oxygens (including phenoxy) is 1. The maximum absolute atomic E-state index is 13.5. The van der Waals surface area contributed by atoms with E-state index in [1.54, 1.807) is 4.68 Å². The molecule has 0 N–H and O–H groups in total. The van der Waals surface area contributed by atoms with Crippen molar-refractivity contribution < 1.29 is 4.74 Å². The molecule has 3 aromatic carbocycles. The Morgan fingerprint density at radius 2 is 1.72 bits per heavy atom. The van der Waals surface area contributed by atoms with Crippen molar-refractivity contribution in [1.82, 2.24) is 14.3 Å². The van der Waals surface area contributed by atoms with Crippen LogP contribution in [0.5, 0.6) is 5.75 Å². The minimum absolute atomic E-state index is 0.0476. The fraction of sp³-hybridized carbons (Fsp3) is 0.258. The van der Waals surface area contributed by atoms with Crippen LogP contribution in [-0.4, -0.2) is 27.4 Å². The van der Waals surface area contributed by atoms with Gasteiger partial charge in [-0.25, -0.2) is 4.68 Å². The highest BCUT2D eigenvalue weighted by Crippen LogP contribution is 2.33. The van der Waals surface area contributed by atoms with Gasteiger partial charge >= 0.3 is 0 Å². The van der Waals surface area contributed by atoms with Gasteiger partial charge < -0.3 is 4.74 Å². The van der Waals surface area contributed by atoms with Crippen LogP contribution in [-0.2, 0) is 26.6 Å². The van der Waals surface area contributed by atoms with Crippen molar-refractivity contribution in [2.75, 3.05) is 13.2 Å². The van der Waals surface area contributed by atoms with Gasteiger partial charge in [0.2, 0.25) is 0 Å². The molecule has 0 bridgehead atoms. The van der Waals surface area contributed by atoms with E-state index in [9.17, 15) is 4.79 Å². The molecule has 4 aromatic rings. The summed E-state index contributed by atoms with van der Waals surface area (Å²) in [4.78, 5) is 15.8. The first-order valence-electron chi connectivity index (χ1n) is 12.7. The van der Waals surface area contributed by atoms with Crippen LogP contribution in [0.1, 0.15) is 39.9 Å². The fourth-order valence-corrected chi connectivity index (χ4v) is 5.47. The van der Waals surface area contributed by atoms with Gasteiger partial charge in [-0.3, -0.25) is 14.4 Å². The van der Waals surface area contributed by atoms with Crippen LogP contribution in [0, 0.1) is 6.92 Å². The van der Waals surface area contributed by atoms with Crippen molar-refractivity contribution in [2.24, 2.45) is 7.05 Å². The van der Waals surface area contributed by atoms with E-state index in [1.807, 2.05) is 49.0 Å². The first kappa shape index (κ1) is 22.6. The van der Waals surface area contributed by atoms with E-state index in [4.69, 9.17) is 4.74 Å². The minimum atomic E-state index is 0.0476. The molecule has 0 fully saturated rings. The highest BCUT2D eigenvalue weighted by molar-refractivity contribution is 5.84. The average molecular weight is 478 g/mol. The first-order valence-corrected chi connectivity index (χ1v) is 12.7. The van der Waals surface area contributed by atoms with Gasteiger partial charge in [-0.05, 0) is 66.3 Å². The van der Waals surface area contributed by atoms with Crippen LogP contribution in [0.4, 0.5) is 0 Å². The van der Waals surface area contributed by atoms with Gasteiger partial charge in [0.05, 0.1) is 11.3 Å². The molecule has 2 aliphatic rings. The molecule has 2 heterocycles. The lowest BCUT2D eigenvalue weighted by atomic mass is 9.88. The summed E-state index contributed by atoms with van der Waals surface area (Å²) in [5.41, 5.74) is 9.32. The number of hydrogen-bond acceptors (Lipinski definition) is 3. The molecular formula is C31H31N3O2. The molecule has 0 unspecified atom stereocenters. The van der Waals surface area contributed by atoms with E-state index in [2.05, 4.69) is 53.4 Å². The Kier molecular flexibility index (Phi) is 5.86. The van der Waals surface area contributed by atoms with Crippen molar-refractivity contribution in [3.8, 4) is 11.4 Å². The molecule has 6 rings (SSSR count). The number of benzene rings is 3. The molecule has 1 aromatic heterocycles. The Balaban J connectivity index is 1.29. The molecule has 0 radical (unpaired) electrons. The van der Waals surface area contributed by atoms with Gasteiger partial charge in [-0.2, -0.15) is 0 Å². The third kappa shape index (κ3) is 4.10. The van der Waals surface area contributed by atoms with Crippen LogP contribution in [0.2, 0.25) is 0 Å². The van der Waals surface area contributed by atoms with E-state index >= 15 is 0 Å². The normalized spacial score (nSPS) is 15.4. The Labute approximate surface area is 211 Å². The van der Waals surface area contributed by atoms with Crippen LogP contribution < -0.4 is 10.3 Å². The second-order valence-corrected chi connectivity index (χ2v) is 9.79. The lowest BCUT2D eigenvalue weighted by molar-refractivity contribution is 0.219. The predicted molar refractivity (Wildman–Crippen MR) is 144 cm³/mol. The van der Waals surface area contributed by atoms with Gasteiger partial charge in [0.25, 0.3) is 5.56 Å². The second kappa shape index (κ2) is 9.32. The molecule has 1 aliphatic carbocycles. The zero-order chi connectivity index (χ0) is 24.6. The van der Waals surface area contributed by atoms with E-state index < -0.39 is 0 Å². The number of allylic oxidation sites excluding steroid dienone is 1. The third-order valence-corrected chi connectivity index (χ3v) is 7.59. The van der Waals surface area contributed by atoms with E-state index in [-0.39, 0.29) is 5.56 Å². The summed E-state index contributed by atoms with van der Waals surface area (Å²) in [6, 6.07) is 25.1. The molecule has 5 heteroatoms. The maximum atomic E-state index is 13.5. The summed E-state index contributed by atoms with van der Waals surface area (Å²) in [6.45, 7) is 4.78. The largest absolute Gasteiger partial charge is 0.492 e. The molecule has 1 aliphatic heterocycles. The summed E-state index contributed by atoms with van der Waals surface area (Å²) in [5.74, 6) is 0.949.